The van der Waals surface area contributed by atoms with Gasteiger partial charge in [0.1, 0.15) is 10.8 Å². The van der Waals surface area contributed by atoms with Gasteiger partial charge >= 0.3 is 0 Å². The Hall–Kier alpha value is -2.86. The van der Waals surface area contributed by atoms with Crippen LogP contribution >= 0.6 is 11.8 Å². The van der Waals surface area contributed by atoms with Gasteiger partial charge in [-0.3, -0.25) is 10.4 Å². The number of hydrogen-bond acceptors (Lipinski definition) is 5. The number of hydrogen-bond donors (Lipinski definition) is 1. The van der Waals surface area contributed by atoms with Crippen molar-refractivity contribution in [3.63, 3.8) is 0 Å². The zero-order valence-electron chi connectivity index (χ0n) is 13.6. The molecule has 0 atom stereocenters. The maximum atomic E-state index is 5.28. The van der Waals surface area contributed by atoms with Crippen molar-refractivity contribution in [1.82, 2.24) is 10.4 Å². The summed E-state index contributed by atoms with van der Waals surface area (Å²) < 4.78 is 5.28. The van der Waals surface area contributed by atoms with Crippen molar-refractivity contribution in [3.8, 4) is 5.75 Å². The Kier molecular flexibility index (Phi) is 4.35. The summed E-state index contributed by atoms with van der Waals surface area (Å²) in [5, 5.41) is 6.90. The van der Waals surface area contributed by atoms with Crippen molar-refractivity contribution in [2.45, 2.75) is 11.6 Å². The van der Waals surface area contributed by atoms with Crippen LogP contribution in [-0.2, 0) is 6.54 Å². The van der Waals surface area contributed by atoms with Gasteiger partial charge in [0, 0.05) is 10.9 Å². The number of rotatable bonds is 3. The maximum Gasteiger partial charge on any atom is 0.183 e. The molecule has 0 unspecified atom stereocenters. The molecule has 5 nitrogen and oxygen atoms in total. The highest BCUT2D eigenvalue weighted by atomic mass is 32.2. The minimum absolute atomic E-state index is 0.603. The first kappa shape index (κ1) is 15.7. The van der Waals surface area contributed by atoms with Crippen LogP contribution in [0.15, 0.2) is 69.7 Å². The van der Waals surface area contributed by atoms with Crippen molar-refractivity contribution in [2.75, 3.05) is 7.11 Å². The van der Waals surface area contributed by atoms with Crippen LogP contribution in [0.25, 0.3) is 10.9 Å². The molecule has 124 valence electrons. The lowest BCUT2D eigenvalue weighted by atomic mass is 10.1. The molecule has 2 aromatic carbocycles. The first-order valence-electron chi connectivity index (χ1n) is 7.86. The Morgan fingerprint density at radius 3 is 2.84 bits per heavy atom. The van der Waals surface area contributed by atoms with Crippen LogP contribution in [-0.4, -0.2) is 23.5 Å². The summed E-state index contributed by atoms with van der Waals surface area (Å²) in [6, 6.07) is 18.1. The average Bonchev–Trinajstić information content (AvgIpc) is 2.86. The molecule has 0 fully saturated rings. The van der Waals surface area contributed by atoms with Gasteiger partial charge in [-0.15, -0.1) is 0 Å². The van der Waals surface area contributed by atoms with Crippen molar-refractivity contribution in [1.29, 1.82) is 0 Å². The Morgan fingerprint density at radius 1 is 1.12 bits per heavy atom. The van der Waals surface area contributed by atoms with Crippen LogP contribution in [0, 0.1) is 0 Å². The maximum absolute atomic E-state index is 5.28. The average molecular weight is 348 g/mol. The number of ether oxygens (including phenoxy) is 1. The topological polar surface area (TPSA) is 58.9 Å². The van der Waals surface area contributed by atoms with E-state index in [0.29, 0.717) is 6.54 Å². The highest BCUT2D eigenvalue weighted by Crippen LogP contribution is 2.28. The van der Waals surface area contributed by atoms with Gasteiger partial charge in [-0.05, 0) is 41.6 Å². The number of nitrogens with zero attached hydrogens (tertiary/aromatic N) is 3. The second-order valence-electron chi connectivity index (χ2n) is 5.52. The highest BCUT2D eigenvalue weighted by molar-refractivity contribution is 8.13. The molecule has 0 saturated heterocycles. The fourth-order valence-electron chi connectivity index (χ4n) is 2.54. The monoisotopic (exact) mass is 348 g/mol. The van der Waals surface area contributed by atoms with E-state index in [2.05, 4.69) is 33.7 Å². The van der Waals surface area contributed by atoms with Crippen LogP contribution in [0.2, 0.25) is 0 Å². The van der Waals surface area contributed by atoms with Crippen molar-refractivity contribution in [3.05, 3.63) is 65.7 Å². The number of benzene rings is 2. The first-order valence-corrected chi connectivity index (χ1v) is 8.67. The summed E-state index contributed by atoms with van der Waals surface area (Å²) in [6.45, 7) is 0.603. The zero-order valence-corrected chi connectivity index (χ0v) is 14.5. The zero-order chi connectivity index (χ0) is 17.1. The molecule has 3 aromatic rings. The number of aromatic nitrogens is 1. The number of hydrazone groups is 1. The lowest BCUT2D eigenvalue weighted by molar-refractivity contribution is 0.415. The highest BCUT2D eigenvalue weighted by Gasteiger charge is 2.13. The molecule has 1 N–H and O–H groups in total. The van der Waals surface area contributed by atoms with Crippen LogP contribution in [0.3, 0.4) is 0 Å². The molecule has 0 spiro atoms. The SMILES string of the molecule is COc1ccc2nc3c(cc2c1)C=NNC(=NCc1ccccc1)S3. The van der Waals surface area contributed by atoms with E-state index in [1.807, 2.05) is 36.4 Å². The molecule has 2 heterocycles. The number of amidine groups is 1. The smallest absolute Gasteiger partial charge is 0.183 e. The summed E-state index contributed by atoms with van der Waals surface area (Å²) in [5.74, 6) is 0.815. The summed E-state index contributed by atoms with van der Waals surface area (Å²) in [6.07, 6.45) is 1.78. The second-order valence-corrected chi connectivity index (χ2v) is 6.50. The van der Waals surface area contributed by atoms with Crippen LogP contribution in [0.1, 0.15) is 11.1 Å². The van der Waals surface area contributed by atoms with Gasteiger partial charge in [0.2, 0.25) is 0 Å². The van der Waals surface area contributed by atoms with E-state index in [-0.39, 0.29) is 0 Å². The summed E-state index contributed by atoms with van der Waals surface area (Å²) in [7, 11) is 1.66. The van der Waals surface area contributed by atoms with Gasteiger partial charge in [-0.2, -0.15) is 5.10 Å². The molecule has 1 aliphatic rings. The minimum Gasteiger partial charge on any atom is -0.497 e. The molecule has 1 aromatic heterocycles. The molecule has 0 amide bonds. The normalized spacial score (nSPS) is 14.8. The summed E-state index contributed by atoms with van der Waals surface area (Å²) in [5.41, 5.74) is 6.03. The molecule has 6 heteroatoms. The Bertz CT molecular complexity index is 970. The van der Waals surface area contributed by atoms with E-state index in [1.165, 1.54) is 11.8 Å². The number of pyridine rings is 1. The van der Waals surface area contributed by atoms with Gasteiger partial charge in [0.25, 0.3) is 0 Å². The predicted molar refractivity (Wildman–Crippen MR) is 102 cm³/mol. The van der Waals surface area contributed by atoms with E-state index in [0.717, 1.165) is 38.0 Å². The molecule has 0 bridgehead atoms. The van der Waals surface area contributed by atoms with Gasteiger partial charge in [-0.25, -0.2) is 4.98 Å². The third kappa shape index (κ3) is 3.49. The summed E-state index contributed by atoms with van der Waals surface area (Å²) >= 11 is 1.49. The van der Waals surface area contributed by atoms with Crippen molar-refractivity contribution < 1.29 is 4.74 Å². The summed E-state index contributed by atoms with van der Waals surface area (Å²) in [4.78, 5) is 9.37. The molecule has 1 aliphatic heterocycles. The third-order valence-corrected chi connectivity index (χ3v) is 4.75. The molecule has 0 radical (unpaired) electrons. The van der Waals surface area contributed by atoms with Crippen LogP contribution in [0.4, 0.5) is 0 Å². The lowest BCUT2D eigenvalue weighted by Gasteiger charge is -2.07. The quantitative estimate of drug-likeness (QED) is 0.781. The molecular weight excluding hydrogens is 332 g/mol. The van der Waals surface area contributed by atoms with E-state index in [4.69, 9.17) is 9.72 Å². The molecule has 0 saturated carbocycles. The van der Waals surface area contributed by atoms with E-state index in [1.54, 1.807) is 13.3 Å². The minimum atomic E-state index is 0.603. The predicted octanol–water partition coefficient (Wildman–Crippen LogP) is 3.83. The molecule has 0 aliphatic carbocycles. The van der Waals surface area contributed by atoms with E-state index in [9.17, 15) is 0 Å². The second kappa shape index (κ2) is 6.94. The first-order chi connectivity index (χ1) is 12.3. The largest absolute Gasteiger partial charge is 0.497 e. The van der Waals surface area contributed by atoms with E-state index >= 15 is 0 Å². The Morgan fingerprint density at radius 2 is 2.00 bits per heavy atom. The number of nitrogens with one attached hydrogen (secondary N) is 1. The Balaban J connectivity index is 1.64. The number of thioether (sulfide) groups is 1. The lowest BCUT2D eigenvalue weighted by Crippen LogP contribution is -2.12. The third-order valence-electron chi connectivity index (χ3n) is 3.82. The van der Waals surface area contributed by atoms with E-state index < -0.39 is 0 Å². The number of fused-ring (bicyclic) bond motifs is 2. The standard InChI is InChI=1S/C19H16N4OS/c1-24-16-7-8-17-14(10-16)9-15-12-21-23-19(25-18(15)22-17)20-11-13-5-3-2-4-6-13/h2-10,12H,11H2,1H3,(H,20,23). The van der Waals surface area contributed by atoms with Crippen LogP contribution in [0.5, 0.6) is 5.75 Å². The van der Waals surface area contributed by atoms with Crippen molar-refractivity contribution >= 4 is 34.0 Å². The Labute approximate surface area is 149 Å². The van der Waals surface area contributed by atoms with Gasteiger partial charge in [0.15, 0.2) is 5.17 Å². The van der Waals surface area contributed by atoms with Gasteiger partial charge in [-0.1, -0.05) is 30.3 Å². The fraction of sp³-hybridized carbons (Fsp3) is 0.105. The fourth-order valence-corrected chi connectivity index (χ4v) is 3.32. The van der Waals surface area contributed by atoms with Gasteiger partial charge < -0.3 is 4.74 Å². The molecule has 25 heavy (non-hydrogen) atoms. The van der Waals surface area contributed by atoms with Crippen molar-refractivity contribution in [2.24, 2.45) is 10.1 Å². The van der Waals surface area contributed by atoms with Crippen LogP contribution < -0.4 is 10.2 Å². The number of aliphatic imine (C=N–C) groups is 1. The number of methoxy groups -OCH3 is 1. The molecule has 4 rings (SSSR count). The molecular formula is C19H16N4OS. The van der Waals surface area contributed by atoms with Gasteiger partial charge in [0.05, 0.1) is 25.4 Å².